The van der Waals surface area contributed by atoms with Crippen molar-refractivity contribution in [2.45, 2.75) is 49.8 Å². The summed E-state index contributed by atoms with van der Waals surface area (Å²) < 4.78 is 0. The van der Waals surface area contributed by atoms with Crippen LogP contribution >= 0.6 is 11.8 Å². The molecule has 1 aromatic rings. The third kappa shape index (κ3) is 3.49. The minimum atomic E-state index is -0.0670. The molecule has 2 aliphatic rings. The van der Waals surface area contributed by atoms with Crippen molar-refractivity contribution in [3.63, 3.8) is 0 Å². The second kappa shape index (κ2) is 7.51. The van der Waals surface area contributed by atoms with Gasteiger partial charge >= 0.3 is 0 Å². The Hall–Kier alpha value is -1.00. The van der Waals surface area contributed by atoms with Crippen molar-refractivity contribution in [2.24, 2.45) is 11.7 Å². The fourth-order valence-corrected chi connectivity index (χ4v) is 4.98. The Kier molecular flexibility index (Phi) is 5.42. The average Bonchev–Trinajstić information content (AvgIpc) is 2.59. The van der Waals surface area contributed by atoms with Crippen LogP contribution in [0, 0.1) is 5.92 Å². The Labute approximate surface area is 137 Å². The van der Waals surface area contributed by atoms with Crippen LogP contribution in [0.3, 0.4) is 0 Å². The molecule has 4 heteroatoms. The van der Waals surface area contributed by atoms with Gasteiger partial charge in [-0.25, -0.2) is 0 Å². The van der Waals surface area contributed by atoms with E-state index in [1.807, 2.05) is 6.07 Å². The molecule has 0 radical (unpaired) electrons. The number of rotatable bonds is 4. The highest BCUT2D eigenvalue weighted by atomic mass is 32.2. The van der Waals surface area contributed by atoms with E-state index < -0.39 is 0 Å². The van der Waals surface area contributed by atoms with Gasteiger partial charge in [0, 0.05) is 12.6 Å². The SMILES string of the molecule is NCC(NC(=O)C1SCCc2ccccc21)C1CCCCC1. The number of fused-ring (bicyclic) bond motifs is 1. The van der Waals surface area contributed by atoms with Gasteiger partial charge in [-0.1, -0.05) is 43.5 Å². The molecule has 1 saturated carbocycles. The van der Waals surface area contributed by atoms with Crippen LogP contribution in [-0.2, 0) is 11.2 Å². The Bertz CT molecular complexity index is 514. The van der Waals surface area contributed by atoms with Crippen LogP contribution in [0.15, 0.2) is 24.3 Å². The van der Waals surface area contributed by atoms with Crippen LogP contribution in [0.5, 0.6) is 0 Å². The minimum absolute atomic E-state index is 0.0670. The zero-order valence-corrected chi connectivity index (χ0v) is 13.9. The molecule has 1 aromatic carbocycles. The third-order valence-electron chi connectivity index (χ3n) is 5.03. The number of carbonyl (C=O) groups is 1. The molecule has 3 nitrogen and oxygen atoms in total. The summed E-state index contributed by atoms with van der Waals surface area (Å²) in [5.74, 6) is 1.73. The number of amides is 1. The summed E-state index contributed by atoms with van der Waals surface area (Å²) in [5.41, 5.74) is 8.47. The molecule has 22 heavy (non-hydrogen) atoms. The van der Waals surface area contributed by atoms with E-state index >= 15 is 0 Å². The summed E-state index contributed by atoms with van der Waals surface area (Å²) >= 11 is 1.76. The molecule has 0 saturated heterocycles. The lowest BCUT2D eigenvalue weighted by Gasteiger charge is -2.32. The zero-order valence-electron chi connectivity index (χ0n) is 13.1. The average molecular weight is 318 g/mol. The number of hydrogen-bond donors (Lipinski definition) is 2. The Morgan fingerprint density at radius 3 is 2.82 bits per heavy atom. The molecule has 2 atom stereocenters. The van der Waals surface area contributed by atoms with E-state index in [1.54, 1.807) is 11.8 Å². The summed E-state index contributed by atoms with van der Waals surface area (Å²) in [6.45, 7) is 0.551. The number of nitrogens with one attached hydrogen (secondary N) is 1. The van der Waals surface area contributed by atoms with Crippen molar-refractivity contribution in [3.8, 4) is 0 Å². The van der Waals surface area contributed by atoms with Gasteiger partial charge < -0.3 is 11.1 Å². The first-order chi connectivity index (χ1) is 10.8. The zero-order chi connectivity index (χ0) is 15.4. The molecule has 0 aromatic heterocycles. The highest BCUT2D eigenvalue weighted by Crippen LogP contribution is 2.37. The normalized spacial score (nSPS) is 23.6. The van der Waals surface area contributed by atoms with Crippen LogP contribution in [-0.4, -0.2) is 24.2 Å². The lowest BCUT2D eigenvalue weighted by molar-refractivity contribution is -0.121. The Balaban J connectivity index is 1.68. The predicted molar refractivity (Wildman–Crippen MR) is 92.9 cm³/mol. The van der Waals surface area contributed by atoms with Gasteiger partial charge in [0.1, 0.15) is 5.25 Å². The van der Waals surface area contributed by atoms with E-state index in [0.29, 0.717) is 12.5 Å². The van der Waals surface area contributed by atoms with Crippen molar-refractivity contribution < 1.29 is 4.79 Å². The first-order valence-corrected chi connectivity index (χ1v) is 9.54. The number of benzene rings is 1. The van der Waals surface area contributed by atoms with Crippen molar-refractivity contribution in [1.29, 1.82) is 0 Å². The van der Waals surface area contributed by atoms with E-state index in [4.69, 9.17) is 5.73 Å². The van der Waals surface area contributed by atoms with E-state index in [-0.39, 0.29) is 17.2 Å². The molecular formula is C18H26N2OS. The lowest BCUT2D eigenvalue weighted by atomic mass is 9.84. The molecule has 120 valence electrons. The summed E-state index contributed by atoms with van der Waals surface area (Å²) in [6, 6.07) is 8.49. The third-order valence-corrected chi connectivity index (χ3v) is 6.27. The molecule has 1 aliphatic carbocycles. The lowest BCUT2D eigenvalue weighted by Crippen LogP contribution is -2.47. The van der Waals surface area contributed by atoms with Gasteiger partial charge in [-0.15, -0.1) is 11.8 Å². The Morgan fingerprint density at radius 1 is 1.27 bits per heavy atom. The van der Waals surface area contributed by atoms with Gasteiger partial charge in [0.2, 0.25) is 5.91 Å². The quantitative estimate of drug-likeness (QED) is 0.897. The number of hydrogen-bond acceptors (Lipinski definition) is 3. The highest BCUT2D eigenvalue weighted by molar-refractivity contribution is 8.00. The maximum Gasteiger partial charge on any atom is 0.237 e. The maximum absolute atomic E-state index is 12.8. The number of aryl methyl sites for hydroxylation is 1. The molecule has 3 rings (SSSR count). The van der Waals surface area contributed by atoms with Crippen LogP contribution in [0.2, 0.25) is 0 Å². The molecule has 2 unspecified atom stereocenters. The van der Waals surface area contributed by atoms with Gasteiger partial charge in [0.25, 0.3) is 0 Å². The van der Waals surface area contributed by atoms with E-state index in [1.165, 1.54) is 43.2 Å². The van der Waals surface area contributed by atoms with Crippen LogP contribution in [0.25, 0.3) is 0 Å². The molecule has 3 N–H and O–H groups in total. The van der Waals surface area contributed by atoms with Crippen LogP contribution in [0.4, 0.5) is 0 Å². The second-order valence-corrected chi connectivity index (χ2v) is 7.66. The predicted octanol–water partition coefficient (Wildman–Crippen LogP) is 3.04. The van der Waals surface area contributed by atoms with Gasteiger partial charge in [-0.3, -0.25) is 4.79 Å². The first kappa shape index (κ1) is 15.9. The molecule has 0 spiro atoms. The number of nitrogens with two attached hydrogens (primary N) is 1. The summed E-state index contributed by atoms with van der Waals surface area (Å²) in [5, 5.41) is 3.20. The monoisotopic (exact) mass is 318 g/mol. The largest absolute Gasteiger partial charge is 0.351 e. The van der Waals surface area contributed by atoms with E-state index in [2.05, 4.69) is 23.5 Å². The van der Waals surface area contributed by atoms with Crippen molar-refractivity contribution >= 4 is 17.7 Å². The number of carbonyl (C=O) groups excluding carboxylic acids is 1. The van der Waals surface area contributed by atoms with Crippen LogP contribution < -0.4 is 11.1 Å². The van der Waals surface area contributed by atoms with Crippen LogP contribution in [0.1, 0.15) is 48.5 Å². The van der Waals surface area contributed by atoms with E-state index in [0.717, 1.165) is 12.2 Å². The van der Waals surface area contributed by atoms with Gasteiger partial charge in [0.15, 0.2) is 0 Å². The van der Waals surface area contributed by atoms with E-state index in [9.17, 15) is 4.79 Å². The summed E-state index contributed by atoms with van der Waals surface area (Å²) in [6.07, 6.45) is 7.35. The van der Waals surface area contributed by atoms with Crippen molar-refractivity contribution in [1.82, 2.24) is 5.32 Å². The fourth-order valence-electron chi connectivity index (χ4n) is 3.78. The second-order valence-electron chi connectivity index (χ2n) is 6.45. The molecule has 1 fully saturated rings. The molecule has 1 amide bonds. The summed E-state index contributed by atoms with van der Waals surface area (Å²) in [4.78, 5) is 12.8. The van der Waals surface area contributed by atoms with Crippen molar-refractivity contribution in [2.75, 3.05) is 12.3 Å². The van der Waals surface area contributed by atoms with Crippen molar-refractivity contribution in [3.05, 3.63) is 35.4 Å². The fraction of sp³-hybridized carbons (Fsp3) is 0.611. The highest BCUT2D eigenvalue weighted by Gasteiger charge is 2.30. The summed E-state index contributed by atoms with van der Waals surface area (Å²) in [7, 11) is 0. The van der Waals surface area contributed by atoms with Gasteiger partial charge in [0.05, 0.1) is 0 Å². The number of thioether (sulfide) groups is 1. The first-order valence-electron chi connectivity index (χ1n) is 8.49. The smallest absolute Gasteiger partial charge is 0.237 e. The van der Waals surface area contributed by atoms with Gasteiger partial charge in [-0.2, -0.15) is 0 Å². The maximum atomic E-state index is 12.8. The molecule has 1 heterocycles. The molecular weight excluding hydrogens is 292 g/mol. The molecule has 1 aliphatic heterocycles. The standard InChI is InChI=1S/C18H26N2OS/c19-12-16(14-7-2-1-3-8-14)20-18(21)17-15-9-5-4-6-13(15)10-11-22-17/h4-6,9,14,16-17H,1-3,7-8,10-12,19H2,(H,20,21). The van der Waals surface area contributed by atoms with Gasteiger partial charge in [-0.05, 0) is 42.1 Å². The topological polar surface area (TPSA) is 55.1 Å². The minimum Gasteiger partial charge on any atom is -0.351 e. The molecule has 0 bridgehead atoms. The Morgan fingerprint density at radius 2 is 2.05 bits per heavy atom.